The summed E-state index contributed by atoms with van der Waals surface area (Å²) in [5, 5.41) is 3.51. The van der Waals surface area contributed by atoms with Gasteiger partial charge >= 0.3 is 0 Å². The van der Waals surface area contributed by atoms with Crippen LogP contribution < -0.4 is 5.32 Å². The second-order valence-corrected chi connectivity index (χ2v) is 5.50. The minimum atomic E-state index is 0.483. The van der Waals surface area contributed by atoms with Gasteiger partial charge in [0.2, 0.25) is 0 Å². The Balaban J connectivity index is 1.82. The van der Waals surface area contributed by atoms with Crippen molar-refractivity contribution in [3.63, 3.8) is 0 Å². The van der Waals surface area contributed by atoms with Gasteiger partial charge in [0.05, 0.1) is 18.9 Å². The smallest absolute Gasteiger partial charge is 0.0620 e. The minimum Gasteiger partial charge on any atom is -0.379 e. The lowest BCUT2D eigenvalue weighted by Crippen LogP contribution is -2.45. The Kier molecular flexibility index (Phi) is 5.31. The van der Waals surface area contributed by atoms with Gasteiger partial charge in [0, 0.05) is 30.9 Å². The number of aromatic nitrogens is 1. The van der Waals surface area contributed by atoms with Crippen molar-refractivity contribution in [2.45, 2.75) is 38.9 Å². The van der Waals surface area contributed by atoms with Crippen molar-refractivity contribution in [3.05, 3.63) is 29.6 Å². The molecular weight excluding hydrogens is 238 g/mol. The maximum atomic E-state index is 5.50. The van der Waals surface area contributed by atoms with Gasteiger partial charge in [0.15, 0.2) is 0 Å². The topological polar surface area (TPSA) is 37.4 Å². The molecule has 0 amide bonds. The zero-order valence-corrected chi connectivity index (χ0v) is 12.2. The number of nitrogens with zero attached hydrogens (tertiary/aromatic N) is 2. The van der Waals surface area contributed by atoms with Gasteiger partial charge in [0.1, 0.15) is 0 Å². The fourth-order valence-electron chi connectivity index (χ4n) is 2.46. The lowest BCUT2D eigenvalue weighted by molar-refractivity contribution is 0.0637. The second kappa shape index (κ2) is 6.98. The molecule has 1 aromatic rings. The van der Waals surface area contributed by atoms with E-state index in [-0.39, 0.29) is 0 Å². The highest BCUT2D eigenvalue weighted by Gasteiger charge is 2.19. The molecule has 4 heteroatoms. The molecule has 0 bridgehead atoms. The Morgan fingerprint density at radius 2 is 2.37 bits per heavy atom. The van der Waals surface area contributed by atoms with Crippen LogP contribution in [0.15, 0.2) is 18.2 Å². The van der Waals surface area contributed by atoms with E-state index in [9.17, 15) is 0 Å². The number of nitrogens with one attached hydrogen (secondary N) is 1. The number of pyridine rings is 1. The van der Waals surface area contributed by atoms with E-state index in [1.54, 1.807) is 0 Å². The first-order valence-electron chi connectivity index (χ1n) is 7.09. The lowest BCUT2D eigenvalue weighted by atomic mass is 10.1. The van der Waals surface area contributed by atoms with Crippen LogP contribution in [0.3, 0.4) is 0 Å². The third-order valence-electron chi connectivity index (χ3n) is 3.73. The molecule has 0 saturated carbocycles. The van der Waals surface area contributed by atoms with Gasteiger partial charge < -0.3 is 10.1 Å². The first kappa shape index (κ1) is 14.4. The van der Waals surface area contributed by atoms with Crippen LogP contribution in [0, 0.1) is 6.92 Å². The minimum absolute atomic E-state index is 0.483. The van der Waals surface area contributed by atoms with Crippen LogP contribution in [0.2, 0.25) is 0 Å². The SMILES string of the molecule is Cc1cccc(CN(C)C(C)CC2COCCN2)n1. The summed E-state index contributed by atoms with van der Waals surface area (Å²) in [6.07, 6.45) is 1.11. The first-order chi connectivity index (χ1) is 9.15. The molecule has 4 nitrogen and oxygen atoms in total. The maximum absolute atomic E-state index is 5.50. The summed E-state index contributed by atoms with van der Waals surface area (Å²) in [6.45, 7) is 7.86. The largest absolute Gasteiger partial charge is 0.379 e. The predicted octanol–water partition coefficient (Wildman–Crippen LogP) is 1.59. The molecule has 0 radical (unpaired) electrons. The Hall–Kier alpha value is -0.970. The van der Waals surface area contributed by atoms with Gasteiger partial charge in [-0.15, -0.1) is 0 Å². The highest BCUT2D eigenvalue weighted by molar-refractivity contribution is 5.09. The summed E-state index contributed by atoms with van der Waals surface area (Å²) < 4.78 is 5.50. The molecule has 19 heavy (non-hydrogen) atoms. The molecule has 1 saturated heterocycles. The fraction of sp³-hybridized carbons (Fsp3) is 0.667. The van der Waals surface area contributed by atoms with E-state index in [1.807, 2.05) is 13.0 Å². The number of ether oxygens (including phenoxy) is 1. The predicted molar refractivity (Wildman–Crippen MR) is 77.1 cm³/mol. The molecule has 1 fully saturated rings. The average Bonchev–Trinajstić information content (AvgIpc) is 2.40. The van der Waals surface area contributed by atoms with Crippen molar-refractivity contribution in [1.29, 1.82) is 0 Å². The third kappa shape index (κ3) is 4.56. The molecule has 1 aromatic heterocycles. The van der Waals surface area contributed by atoms with Gasteiger partial charge in [-0.05, 0) is 39.4 Å². The van der Waals surface area contributed by atoms with Crippen molar-refractivity contribution in [2.75, 3.05) is 26.8 Å². The summed E-state index contributed by atoms with van der Waals surface area (Å²) in [5.41, 5.74) is 2.23. The van der Waals surface area contributed by atoms with Crippen molar-refractivity contribution in [3.8, 4) is 0 Å². The molecule has 2 rings (SSSR count). The van der Waals surface area contributed by atoms with E-state index in [0.29, 0.717) is 12.1 Å². The van der Waals surface area contributed by atoms with Crippen LogP contribution >= 0.6 is 0 Å². The maximum Gasteiger partial charge on any atom is 0.0620 e. The molecule has 0 spiro atoms. The van der Waals surface area contributed by atoms with E-state index >= 15 is 0 Å². The Morgan fingerprint density at radius 1 is 1.53 bits per heavy atom. The lowest BCUT2D eigenvalue weighted by Gasteiger charge is -2.30. The number of hydrogen-bond donors (Lipinski definition) is 1. The van der Waals surface area contributed by atoms with E-state index < -0.39 is 0 Å². The number of morpholine rings is 1. The first-order valence-corrected chi connectivity index (χ1v) is 7.09. The standard InChI is InChI=1S/C15H25N3O/c1-12-5-4-6-14(17-12)10-18(3)13(2)9-15-11-19-8-7-16-15/h4-6,13,15-16H,7-11H2,1-3H3. The van der Waals surface area contributed by atoms with E-state index in [1.165, 1.54) is 0 Å². The highest BCUT2D eigenvalue weighted by Crippen LogP contribution is 2.11. The summed E-state index contributed by atoms with van der Waals surface area (Å²) in [5.74, 6) is 0. The summed E-state index contributed by atoms with van der Waals surface area (Å²) in [6, 6.07) is 7.21. The van der Waals surface area contributed by atoms with Crippen LogP contribution in [-0.2, 0) is 11.3 Å². The third-order valence-corrected chi connectivity index (χ3v) is 3.73. The number of rotatable bonds is 5. The Bertz CT molecular complexity index is 391. The molecule has 1 aliphatic heterocycles. The van der Waals surface area contributed by atoms with Crippen LogP contribution in [-0.4, -0.2) is 48.8 Å². The van der Waals surface area contributed by atoms with Gasteiger partial charge in [0.25, 0.3) is 0 Å². The number of aryl methyl sites for hydroxylation is 1. The molecule has 0 aliphatic carbocycles. The van der Waals surface area contributed by atoms with Gasteiger partial charge in [-0.2, -0.15) is 0 Å². The number of hydrogen-bond acceptors (Lipinski definition) is 4. The Labute approximate surface area is 116 Å². The fourth-order valence-corrected chi connectivity index (χ4v) is 2.46. The van der Waals surface area contributed by atoms with Crippen molar-refractivity contribution < 1.29 is 4.74 Å². The molecule has 1 N–H and O–H groups in total. The quantitative estimate of drug-likeness (QED) is 0.875. The van der Waals surface area contributed by atoms with E-state index in [0.717, 1.165) is 44.1 Å². The summed E-state index contributed by atoms with van der Waals surface area (Å²) in [7, 11) is 2.17. The molecule has 106 valence electrons. The molecule has 2 heterocycles. The van der Waals surface area contributed by atoms with Crippen LogP contribution in [0.1, 0.15) is 24.7 Å². The monoisotopic (exact) mass is 263 g/mol. The molecule has 0 aromatic carbocycles. The van der Waals surface area contributed by atoms with Gasteiger partial charge in [-0.25, -0.2) is 0 Å². The molecule has 2 atom stereocenters. The molecule has 1 aliphatic rings. The van der Waals surface area contributed by atoms with Gasteiger partial charge in [-0.1, -0.05) is 6.07 Å². The van der Waals surface area contributed by atoms with E-state index in [2.05, 4.69) is 41.3 Å². The normalized spacial score (nSPS) is 21.6. The molecule has 2 unspecified atom stereocenters. The summed E-state index contributed by atoms with van der Waals surface area (Å²) in [4.78, 5) is 6.92. The Morgan fingerprint density at radius 3 is 3.05 bits per heavy atom. The van der Waals surface area contributed by atoms with Crippen molar-refractivity contribution in [1.82, 2.24) is 15.2 Å². The van der Waals surface area contributed by atoms with Gasteiger partial charge in [-0.3, -0.25) is 9.88 Å². The van der Waals surface area contributed by atoms with E-state index in [4.69, 9.17) is 4.74 Å². The second-order valence-electron chi connectivity index (χ2n) is 5.50. The highest BCUT2D eigenvalue weighted by atomic mass is 16.5. The van der Waals surface area contributed by atoms with Crippen LogP contribution in [0.4, 0.5) is 0 Å². The zero-order chi connectivity index (χ0) is 13.7. The van der Waals surface area contributed by atoms with Crippen molar-refractivity contribution in [2.24, 2.45) is 0 Å². The van der Waals surface area contributed by atoms with Crippen molar-refractivity contribution >= 4 is 0 Å². The molecular formula is C15H25N3O. The zero-order valence-electron chi connectivity index (χ0n) is 12.2. The van der Waals surface area contributed by atoms with Crippen LogP contribution in [0.5, 0.6) is 0 Å². The van der Waals surface area contributed by atoms with Crippen LogP contribution in [0.25, 0.3) is 0 Å². The average molecular weight is 263 g/mol. The summed E-state index contributed by atoms with van der Waals surface area (Å²) >= 11 is 0.